The Hall–Kier alpha value is -1.66. The number of likely N-dealkylation sites (tertiary alicyclic amines) is 1. The van der Waals surface area contributed by atoms with Crippen LogP contribution in [0, 0.1) is 17.8 Å². The molecule has 0 amide bonds. The molecular weight excluding hydrogens is 469 g/mol. The standard InChI is InChI=1S/C21H29N3O3.HI/c1-4-11-27-19-13-17(6-7-18(19)25-3)14-23-20(22-5-2)24-10-8-21(15-24)9-12-26-16-21;/h1,6-7,13H,5,8-12,14-16H2,2-3H3,(H,22,23);1H. The third kappa shape index (κ3) is 5.45. The molecule has 1 aromatic carbocycles. The summed E-state index contributed by atoms with van der Waals surface area (Å²) in [6, 6.07) is 5.84. The van der Waals surface area contributed by atoms with Gasteiger partial charge in [0.05, 0.1) is 20.3 Å². The largest absolute Gasteiger partial charge is 0.493 e. The fourth-order valence-corrected chi connectivity index (χ4v) is 3.73. The van der Waals surface area contributed by atoms with Crippen LogP contribution in [0.2, 0.25) is 0 Å². The molecule has 2 fully saturated rings. The van der Waals surface area contributed by atoms with Gasteiger partial charge in [0.25, 0.3) is 0 Å². The van der Waals surface area contributed by atoms with Crippen LogP contribution >= 0.6 is 24.0 Å². The van der Waals surface area contributed by atoms with Gasteiger partial charge in [-0.15, -0.1) is 30.4 Å². The number of nitrogens with one attached hydrogen (secondary N) is 1. The van der Waals surface area contributed by atoms with Crippen LogP contribution < -0.4 is 14.8 Å². The number of hydrogen-bond acceptors (Lipinski definition) is 4. The molecule has 7 heteroatoms. The Morgan fingerprint density at radius 2 is 2.25 bits per heavy atom. The maximum absolute atomic E-state index is 5.64. The highest BCUT2D eigenvalue weighted by Gasteiger charge is 2.42. The van der Waals surface area contributed by atoms with E-state index < -0.39 is 0 Å². The smallest absolute Gasteiger partial charge is 0.194 e. The zero-order valence-electron chi connectivity index (χ0n) is 16.7. The summed E-state index contributed by atoms with van der Waals surface area (Å²) in [7, 11) is 1.62. The first-order chi connectivity index (χ1) is 13.2. The molecule has 0 bridgehead atoms. The Morgan fingerprint density at radius 1 is 1.39 bits per heavy atom. The van der Waals surface area contributed by atoms with Crippen molar-refractivity contribution < 1.29 is 14.2 Å². The lowest BCUT2D eigenvalue weighted by Crippen LogP contribution is -2.41. The highest BCUT2D eigenvalue weighted by atomic mass is 127. The van der Waals surface area contributed by atoms with Gasteiger partial charge >= 0.3 is 0 Å². The molecule has 1 N–H and O–H groups in total. The molecule has 28 heavy (non-hydrogen) atoms. The minimum absolute atomic E-state index is 0. The number of guanidine groups is 1. The van der Waals surface area contributed by atoms with Crippen LogP contribution in [0.1, 0.15) is 25.3 Å². The predicted molar refractivity (Wildman–Crippen MR) is 122 cm³/mol. The first-order valence-electron chi connectivity index (χ1n) is 9.54. The molecule has 0 radical (unpaired) electrons. The zero-order valence-corrected chi connectivity index (χ0v) is 19.0. The molecule has 1 spiro atoms. The Labute approximate surface area is 185 Å². The minimum atomic E-state index is 0. The van der Waals surface area contributed by atoms with Gasteiger partial charge in [-0.1, -0.05) is 12.0 Å². The molecule has 1 atom stereocenters. The number of benzene rings is 1. The summed E-state index contributed by atoms with van der Waals surface area (Å²) in [5.41, 5.74) is 1.36. The average Bonchev–Trinajstić information content (AvgIpc) is 3.33. The third-order valence-corrected chi connectivity index (χ3v) is 5.21. The maximum atomic E-state index is 5.64. The highest BCUT2D eigenvalue weighted by molar-refractivity contribution is 14.0. The summed E-state index contributed by atoms with van der Waals surface area (Å²) in [5.74, 6) is 4.77. The monoisotopic (exact) mass is 499 g/mol. The number of aliphatic imine (C=N–C) groups is 1. The molecule has 2 saturated heterocycles. The Morgan fingerprint density at radius 3 is 2.93 bits per heavy atom. The fourth-order valence-electron chi connectivity index (χ4n) is 3.73. The van der Waals surface area contributed by atoms with E-state index in [2.05, 4.69) is 23.1 Å². The van der Waals surface area contributed by atoms with Crippen molar-refractivity contribution in [2.75, 3.05) is 46.6 Å². The van der Waals surface area contributed by atoms with Gasteiger partial charge in [-0.3, -0.25) is 0 Å². The molecule has 154 valence electrons. The molecular formula is C21H30IN3O3. The summed E-state index contributed by atoms with van der Waals surface area (Å²) in [6.07, 6.45) is 7.62. The first kappa shape index (κ1) is 22.6. The normalized spacial score (nSPS) is 21.3. The maximum Gasteiger partial charge on any atom is 0.194 e. The average molecular weight is 499 g/mol. The molecule has 2 aliphatic rings. The summed E-state index contributed by atoms with van der Waals surface area (Å²) >= 11 is 0. The van der Waals surface area contributed by atoms with Crippen molar-refractivity contribution in [3.63, 3.8) is 0 Å². The van der Waals surface area contributed by atoms with E-state index in [0.717, 1.165) is 50.8 Å². The van der Waals surface area contributed by atoms with Gasteiger partial charge in [0.15, 0.2) is 17.5 Å². The van der Waals surface area contributed by atoms with E-state index in [0.29, 0.717) is 23.5 Å². The lowest BCUT2D eigenvalue weighted by atomic mass is 9.87. The number of ether oxygens (including phenoxy) is 3. The van der Waals surface area contributed by atoms with Crippen molar-refractivity contribution in [2.45, 2.75) is 26.3 Å². The quantitative estimate of drug-likeness (QED) is 0.283. The lowest BCUT2D eigenvalue weighted by Gasteiger charge is -2.25. The molecule has 0 saturated carbocycles. The second-order valence-corrected chi connectivity index (χ2v) is 7.12. The number of hydrogen-bond donors (Lipinski definition) is 1. The first-order valence-corrected chi connectivity index (χ1v) is 9.54. The van der Waals surface area contributed by atoms with Crippen molar-refractivity contribution in [1.29, 1.82) is 0 Å². The van der Waals surface area contributed by atoms with Crippen molar-refractivity contribution in [1.82, 2.24) is 10.2 Å². The lowest BCUT2D eigenvalue weighted by molar-refractivity contribution is 0.156. The van der Waals surface area contributed by atoms with Crippen molar-refractivity contribution in [3.05, 3.63) is 23.8 Å². The predicted octanol–water partition coefficient (Wildman–Crippen LogP) is 2.90. The number of methoxy groups -OCH3 is 1. The van der Waals surface area contributed by atoms with Crippen LogP contribution in [-0.2, 0) is 11.3 Å². The molecule has 0 aliphatic carbocycles. The van der Waals surface area contributed by atoms with E-state index >= 15 is 0 Å². The molecule has 0 aromatic heterocycles. The summed E-state index contributed by atoms with van der Waals surface area (Å²) < 4.78 is 16.6. The summed E-state index contributed by atoms with van der Waals surface area (Å²) in [6.45, 7) is 7.51. The summed E-state index contributed by atoms with van der Waals surface area (Å²) in [4.78, 5) is 7.21. The van der Waals surface area contributed by atoms with Crippen LogP contribution in [0.3, 0.4) is 0 Å². The van der Waals surface area contributed by atoms with Gasteiger partial charge in [0, 0.05) is 31.7 Å². The second-order valence-electron chi connectivity index (χ2n) is 7.12. The van der Waals surface area contributed by atoms with E-state index in [1.54, 1.807) is 7.11 Å². The molecule has 1 aromatic rings. The Bertz CT molecular complexity index is 711. The van der Waals surface area contributed by atoms with E-state index in [-0.39, 0.29) is 30.6 Å². The zero-order chi connectivity index (χ0) is 19.1. The fraction of sp³-hybridized carbons (Fsp3) is 0.571. The van der Waals surface area contributed by atoms with Crippen molar-refractivity contribution in [3.8, 4) is 23.8 Å². The van der Waals surface area contributed by atoms with Gasteiger partial charge in [-0.2, -0.15) is 0 Å². The van der Waals surface area contributed by atoms with Crippen LogP contribution in [0.15, 0.2) is 23.2 Å². The van der Waals surface area contributed by atoms with Crippen molar-refractivity contribution >= 4 is 29.9 Å². The summed E-state index contributed by atoms with van der Waals surface area (Å²) in [5, 5.41) is 3.43. The number of terminal acetylenes is 1. The molecule has 2 heterocycles. The van der Waals surface area contributed by atoms with Crippen LogP contribution in [-0.4, -0.2) is 57.4 Å². The van der Waals surface area contributed by atoms with Gasteiger partial charge in [-0.05, 0) is 37.5 Å². The van der Waals surface area contributed by atoms with Crippen LogP contribution in [0.4, 0.5) is 0 Å². The molecule has 1 unspecified atom stereocenters. The van der Waals surface area contributed by atoms with Crippen LogP contribution in [0.5, 0.6) is 11.5 Å². The Balaban J connectivity index is 0.00000280. The number of nitrogens with zero attached hydrogens (tertiary/aromatic N) is 2. The third-order valence-electron chi connectivity index (χ3n) is 5.21. The number of rotatable bonds is 6. The number of halogens is 1. The van der Waals surface area contributed by atoms with Gasteiger partial charge in [0.2, 0.25) is 0 Å². The van der Waals surface area contributed by atoms with Gasteiger partial charge in [-0.25, -0.2) is 4.99 Å². The topological polar surface area (TPSA) is 55.3 Å². The van der Waals surface area contributed by atoms with E-state index in [4.69, 9.17) is 25.6 Å². The molecule has 3 rings (SSSR count). The minimum Gasteiger partial charge on any atom is -0.493 e. The molecule has 2 aliphatic heterocycles. The van der Waals surface area contributed by atoms with Gasteiger partial charge in [0.1, 0.15) is 6.61 Å². The Kier molecular flexibility index (Phi) is 8.70. The van der Waals surface area contributed by atoms with E-state index in [1.807, 2.05) is 18.2 Å². The van der Waals surface area contributed by atoms with Crippen LogP contribution in [0.25, 0.3) is 0 Å². The van der Waals surface area contributed by atoms with E-state index in [9.17, 15) is 0 Å². The second kappa shape index (κ2) is 10.8. The highest BCUT2D eigenvalue weighted by Crippen LogP contribution is 2.38. The van der Waals surface area contributed by atoms with E-state index in [1.165, 1.54) is 6.42 Å². The van der Waals surface area contributed by atoms with Crippen molar-refractivity contribution in [2.24, 2.45) is 10.4 Å². The molecule has 6 nitrogen and oxygen atoms in total. The SMILES string of the molecule is C#CCOc1cc(CN=C(NCC)N2CCC3(CCOC3)C2)ccc1OC.I. The van der Waals surface area contributed by atoms with Gasteiger partial charge < -0.3 is 24.4 Å².